The molecule has 0 unspecified atom stereocenters. The number of aliphatic carboxylic acids is 1. The molecular weight excluding hydrogens is 508 g/mol. The Morgan fingerprint density at radius 3 is 1.92 bits per heavy atom. The van der Waals surface area contributed by atoms with E-state index in [0.29, 0.717) is 18.4 Å². The Labute approximate surface area is 229 Å². The molecule has 1 aromatic carbocycles. The van der Waals surface area contributed by atoms with Gasteiger partial charge in [0.2, 0.25) is 11.8 Å². The van der Waals surface area contributed by atoms with Gasteiger partial charge >= 0.3 is 5.97 Å². The van der Waals surface area contributed by atoms with Gasteiger partial charge < -0.3 is 42.1 Å². The van der Waals surface area contributed by atoms with E-state index in [1.54, 1.807) is 30.3 Å². The Morgan fingerprint density at radius 1 is 0.821 bits per heavy atom. The lowest BCUT2D eigenvalue weighted by atomic mass is 9.99. The van der Waals surface area contributed by atoms with Crippen molar-refractivity contribution in [3.05, 3.63) is 35.9 Å². The summed E-state index contributed by atoms with van der Waals surface area (Å²) >= 11 is 0. The maximum atomic E-state index is 13.0. The molecule has 0 aliphatic carbocycles. The van der Waals surface area contributed by atoms with Crippen molar-refractivity contribution in [3.8, 4) is 0 Å². The third-order valence-corrected chi connectivity index (χ3v) is 6.03. The number of nitrogens with one attached hydrogen (secondary N) is 3. The highest BCUT2D eigenvalue weighted by atomic mass is 16.4. The minimum absolute atomic E-state index is 0.0365. The third kappa shape index (κ3) is 12.6. The quantitative estimate of drug-likeness (QED) is 0.128. The molecule has 3 amide bonds. The number of nitrogens with two attached hydrogens (primary N) is 1. The van der Waals surface area contributed by atoms with Crippen LogP contribution in [-0.2, 0) is 19.2 Å². The zero-order valence-electron chi connectivity index (χ0n) is 23.0. The molecule has 39 heavy (non-hydrogen) atoms. The largest absolute Gasteiger partial charge is 0.481 e. The average Bonchev–Trinajstić information content (AvgIpc) is 2.86. The number of carboxylic acid groups (broad SMARTS) is 1. The summed E-state index contributed by atoms with van der Waals surface area (Å²) in [4.78, 5) is 49.3. The molecule has 0 saturated carbocycles. The van der Waals surface area contributed by atoms with Crippen molar-refractivity contribution in [2.24, 2.45) is 17.6 Å². The number of hydrogen-bond donors (Lipinski definition) is 8. The maximum absolute atomic E-state index is 13.0. The van der Waals surface area contributed by atoms with Crippen LogP contribution in [0.15, 0.2) is 30.3 Å². The highest BCUT2D eigenvalue weighted by molar-refractivity contribution is 5.89. The monoisotopic (exact) mass is 552 g/mol. The Hall–Kier alpha value is -3.06. The van der Waals surface area contributed by atoms with Gasteiger partial charge in [-0.05, 0) is 36.7 Å². The minimum atomic E-state index is -1.96. The van der Waals surface area contributed by atoms with Crippen LogP contribution in [0.25, 0.3) is 0 Å². The maximum Gasteiger partial charge on any atom is 0.305 e. The van der Waals surface area contributed by atoms with Gasteiger partial charge in [-0.1, -0.05) is 58.0 Å². The van der Waals surface area contributed by atoms with Crippen LogP contribution in [-0.4, -0.2) is 81.1 Å². The predicted octanol–water partition coefficient (Wildman–Crippen LogP) is -0.188. The SMILES string of the molecule is CC(C)C[C@H](NC(=O)[C@@H](N)CC(C)C)C(=O)N[C@@H](CO)C[C@@H](O)[C@H](O)C(=O)N[C@@H](CC(=O)O)c1ccccc1. The van der Waals surface area contributed by atoms with Gasteiger partial charge in [0, 0.05) is 0 Å². The number of carbonyl (C=O) groups excluding carboxylic acids is 3. The number of carbonyl (C=O) groups is 4. The first-order chi connectivity index (χ1) is 18.2. The molecule has 1 rings (SSSR count). The Balaban J connectivity index is 2.84. The molecule has 6 atom stereocenters. The van der Waals surface area contributed by atoms with Crippen molar-refractivity contribution < 1.29 is 39.6 Å². The van der Waals surface area contributed by atoms with Crippen LogP contribution in [0.5, 0.6) is 0 Å². The summed E-state index contributed by atoms with van der Waals surface area (Å²) < 4.78 is 0. The van der Waals surface area contributed by atoms with Crippen LogP contribution in [0.3, 0.4) is 0 Å². The summed E-state index contributed by atoms with van der Waals surface area (Å²) in [6, 6.07) is 4.57. The van der Waals surface area contributed by atoms with Crippen molar-refractivity contribution in [2.75, 3.05) is 6.61 Å². The van der Waals surface area contributed by atoms with Crippen LogP contribution in [0.1, 0.15) is 65.0 Å². The van der Waals surface area contributed by atoms with Gasteiger partial charge in [0.15, 0.2) is 6.10 Å². The zero-order chi connectivity index (χ0) is 29.7. The summed E-state index contributed by atoms with van der Waals surface area (Å²) in [5.74, 6) is -3.05. The molecule has 12 nitrogen and oxygen atoms in total. The second-order valence-corrected chi connectivity index (χ2v) is 10.6. The fourth-order valence-electron chi connectivity index (χ4n) is 4.04. The van der Waals surface area contributed by atoms with Crippen molar-refractivity contribution in [3.63, 3.8) is 0 Å². The summed E-state index contributed by atoms with van der Waals surface area (Å²) in [5, 5.41) is 47.5. The molecule has 9 N–H and O–H groups in total. The molecule has 0 aliphatic rings. The first kappa shape index (κ1) is 34.0. The standard InChI is InChI=1S/C27H44N4O8/c1-15(2)10-19(28)25(37)31-21(11-16(3)4)26(38)29-18(14-32)12-22(33)24(36)27(39)30-20(13-23(34)35)17-8-6-5-7-9-17/h5-9,15-16,18-22,24,32-33,36H,10-14,28H2,1-4H3,(H,29,38)(H,30,39)(H,31,37)(H,34,35)/t18-,19+,20+,21+,22-,24+/m1/s1. The molecular formula is C27H44N4O8. The topological polar surface area (TPSA) is 211 Å². The van der Waals surface area contributed by atoms with Crippen LogP contribution in [0, 0.1) is 11.8 Å². The smallest absolute Gasteiger partial charge is 0.305 e. The first-order valence-corrected chi connectivity index (χ1v) is 13.1. The van der Waals surface area contributed by atoms with Crippen molar-refractivity contribution in [1.29, 1.82) is 0 Å². The number of amides is 3. The highest BCUT2D eigenvalue weighted by Crippen LogP contribution is 2.17. The second-order valence-electron chi connectivity index (χ2n) is 10.6. The van der Waals surface area contributed by atoms with Crippen LogP contribution >= 0.6 is 0 Å². The molecule has 0 aliphatic heterocycles. The van der Waals surface area contributed by atoms with Crippen molar-refractivity contribution in [2.45, 2.75) is 89.8 Å². The van der Waals surface area contributed by atoms with Crippen molar-refractivity contribution >= 4 is 23.7 Å². The first-order valence-electron chi connectivity index (χ1n) is 13.1. The van der Waals surface area contributed by atoms with Gasteiger partial charge in [-0.2, -0.15) is 0 Å². The summed E-state index contributed by atoms with van der Waals surface area (Å²) in [6.45, 7) is 6.97. The normalized spacial score (nSPS) is 16.1. The molecule has 0 aromatic heterocycles. The number of hydrogen-bond acceptors (Lipinski definition) is 8. The van der Waals surface area contributed by atoms with E-state index in [-0.39, 0.29) is 18.3 Å². The molecule has 0 heterocycles. The van der Waals surface area contributed by atoms with E-state index in [4.69, 9.17) is 5.73 Å². The van der Waals surface area contributed by atoms with Gasteiger partial charge in [0.25, 0.3) is 5.91 Å². The fraction of sp³-hybridized carbons (Fsp3) is 0.630. The Kier molecular flexibility index (Phi) is 14.6. The number of aliphatic hydroxyl groups is 3. The number of aliphatic hydroxyl groups excluding tert-OH is 3. The van der Waals surface area contributed by atoms with Gasteiger partial charge in [-0.15, -0.1) is 0 Å². The lowest BCUT2D eigenvalue weighted by molar-refractivity contribution is -0.139. The molecule has 0 fully saturated rings. The summed E-state index contributed by atoms with van der Waals surface area (Å²) in [7, 11) is 0. The van der Waals surface area contributed by atoms with E-state index in [1.165, 1.54) is 0 Å². The van der Waals surface area contributed by atoms with Crippen molar-refractivity contribution in [1.82, 2.24) is 16.0 Å². The molecule has 0 spiro atoms. The zero-order valence-corrected chi connectivity index (χ0v) is 23.0. The molecule has 1 aromatic rings. The number of benzene rings is 1. The van der Waals surface area contributed by atoms with E-state index in [9.17, 15) is 39.6 Å². The second kappa shape index (κ2) is 16.8. The summed E-state index contributed by atoms with van der Waals surface area (Å²) in [5.41, 5.74) is 6.44. The predicted molar refractivity (Wildman–Crippen MR) is 144 cm³/mol. The van der Waals surface area contributed by atoms with E-state index in [0.717, 1.165) is 0 Å². The van der Waals surface area contributed by atoms with Gasteiger partial charge in [0.05, 0.1) is 37.3 Å². The van der Waals surface area contributed by atoms with E-state index in [1.807, 2.05) is 27.7 Å². The van der Waals surface area contributed by atoms with E-state index < -0.39 is 73.1 Å². The molecule has 0 radical (unpaired) electrons. The van der Waals surface area contributed by atoms with Gasteiger partial charge in [0.1, 0.15) is 6.04 Å². The van der Waals surface area contributed by atoms with Gasteiger partial charge in [-0.25, -0.2) is 0 Å². The van der Waals surface area contributed by atoms with E-state index in [2.05, 4.69) is 16.0 Å². The fourth-order valence-corrected chi connectivity index (χ4v) is 4.04. The summed E-state index contributed by atoms with van der Waals surface area (Å²) in [6.07, 6.45) is -3.76. The number of carboxylic acids is 1. The van der Waals surface area contributed by atoms with Crippen LogP contribution in [0.2, 0.25) is 0 Å². The molecule has 0 saturated heterocycles. The van der Waals surface area contributed by atoms with E-state index >= 15 is 0 Å². The highest BCUT2D eigenvalue weighted by Gasteiger charge is 2.31. The molecule has 220 valence electrons. The van der Waals surface area contributed by atoms with Crippen LogP contribution < -0.4 is 21.7 Å². The number of rotatable bonds is 17. The molecule has 12 heteroatoms. The third-order valence-electron chi connectivity index (χ3n) is 6.03. The minimum Gasteiger partial charge on any atom is -0.481 e. The lowest BCUT2D eigenvalue weighted by Crippen LogP contribution is -2.55. The van der Waals surface area contributed by atoms with Crippen LogP contribution in [0.4, 0.5) is 0 Å². The average molecular weight is 553 g/mol. The molecule has 0 bridgehead atoms. The van der Waals surface area contributed by atoms with Gasteiger partial charge in [-0.3, -0.25) is 19.2 Å². The lowest BCUT2D eigenvalue weighted by Gasteiger charge is -2.27. The Morgan fingerprint density at radius 2 is 1.41 bits per heavy atom. The Bertz CT molecular complexity index is 928.